The van der Waals surface area contributed by atoms with Crippen molar-refractivity contribution in [2.75, 3.05) is 20.1 Å². The van der Waals surface area contributed by atoms with Crippen LogP contribution in [-0.4, -0.2) is 40.6 Å². The average molecular weight is 262 g/mol. The van der Waals surface area contributed by atoms with Gasteiger partial charge in [-0.05, 0) is 26.8 Å². The molecule has 106 valence electrons. The summed E-state index contributed by atoms with van der Waals surface area (Å²) in [6, 6.07) is 1.35. The van der Waals surface area contributed by atoms with Gasteiger partial charge in [-0.3, -0.25) is 0 Å². The second kappa shape index (κ2) is 5.25. The Balaban J connectivity index is 1.93. The number of fused-ring (bicyclic) bond motifs is 1. The summed E-state index contributed by atoms with van der Waals surface area (Å²) < 4.78 is 2.60. The van der Waals surface area contributed by atoms with Gasteiger partial charge in [-0.15, -0.1) is 0 Å². The molecule has 19 heavy (non-hydrogen) atoms. The molecule has 0 saturated carbocycles. The molecule has 0 spiro atoms. The van der Waals surface area contributed by atoms with Crippen LogP contribution in [0.1, 0.15) is 49.9 Å². The number of nitrogens with one attached hydrogen (secondary N) is 1. The van der Waals surface area contributed by atoms with Crippen LogP contribution < -0.4 is 5.32 Å². The van der Waals surface area contributed by atoms with E-state index in [0.717, 1.165) is 25.9 Å². The van der Waals surface area contributed by atoms with Crippen molar-refractivity contribution in [3.63, 3.8) is 0 Å². The lowest BCUT2D eigenvalue weighted by molar-refractivity contribution is 0.154. The maximum Gasteiger partial charge on any atom is 0.109 e. The van der Waals surface area contributed by atoms with Crippen LogP contribution in [0.5, 0.6) is 0 Å². The molecule has 0 bridgehead atoms. The van der Waals surface area contributed by atoms with Crippen molar-refractivity contribution in [2.45, 2.75) is 58.2 Å². The summed E-state index contributed by atoms with van der Waals surface area (Å²) in [5.41, 5.74) is 2.81. The molecular weight excluding hydrogens is 236 g/mol. The number of piperidine rings is 1. The van der Waals surface area contributed by atoms with Crippen molar-refractivity contribution in [2.24, 2.45) is 0 Å². The number of rotatable bonds is 2. The van der Waals surface area contributed by atoms with Gasteiger partial charge in [0.2, 0.25) is 0 Å². The van der Waals surface area contributed by atoms with Crippen LogP contribution in [0.2, 0.25) is 0 Å². The van der Waals surface area contributed by atoms with Gasteiger partial charge in [0.15, 0.2) is 0 Å². The molecule has 4 heteroatoms. The first-order valence-electron chi connectivity index (χ1n) is 7.70. The van der Waals surface area contributed by atoms with Gasteiger partial charge in [0.25, 0.3) is 0 Å². The third kappa shape index (κ3) is 2.32. The fourth-order valence-corrected chi connectivity index (χ4v) is 3.57. The minimum atomic E-state index is 0.662. The first-order valence-corrected chi connectivity index (χ1v) is 7.70. The summed E-state index contributed by atoms with van der Waals surface area (Å²) in [6.45, 7) is 7.85. The van der Waals surface area contributed by atoms with E-state index in [1.807, 2.05) is 0 Å². The molecule has 0 radical (unpaired) electrons. The van der Waals surface area contributed by atoms with Gasteiger partial charge in [0, 0.05) is 50.3 Å². The first kappa shape index (κ1) is 13.1. The number of likely N-dealkylation sites (tertiary alicyclic amines) is 1. The smallest absolute Gasteiger partial charge is 0.109 e. The molecule has 1 N–H and O–H groups in total. The fourth-order valence-electron chi connectivity index (χ4n) is 3.57. The van der Waals surface area contributed by atoms with E-state index < -0.39 is 0 Å². The summed E-state index contributed by atoms with van der Waals surface area (Å²) in [7, 11) is 2.24. The Hall–Kier alpha value is -0.870. The van der Waals surface area contributed by atoms with E-state index in [1.54, 1.807) is 0 Å². The number of hydrogen-bond acceptors (Lipinski definition) is 3. The standard InChI is InChI=1S/C15H26N4/c1-4-15-17-13-10-16-7-5-14(13)19(15)12-6-8-18(3)11(2)9-12/h11-12,16H,4-10H2,1-3H3. The SMILES string of the molecule is CCc1nc2c(n1C1CCN(C)C(C)C1)CCNC2. The lowest BCUT2D eigenvalue weighted by atomic mass is 9.97. The molecule has 2 atom stereocenters. The van der Waals surface area contributed by atoms with E-state index in [4.69, 9.17) is 4.98 Å². The highest BCUT2D eigenvalue weighted by Gasteiger charge is 2.29. The predicted molar refractivity (Wildman–Crippen MR) is 77.4 cm³/mol. The van der Waals surface area contributed by atoms with E-state index in [2.05, 4.69) is 35.7 Å². The van der Waals surface area contributed by atoms with Crippen LogP contribution in [0.3, 0.4) is 0 Å². The van der Waals surface area contributed by atoms with E-state index in [9.17, 15) is 0 Å². The maximum absolute atomic E-state index is 4.88. The van der Waals surface area contributed by atoms with Gasteiger partial charge in [-0.25, -0.2) is 4.98 Å². The molecule has 0 aromatic carbocycles. The molecule has 2 unspecified atom stereocenters. The minimum absolute atomic E-state index is 0.662. The first-order chi connectivity index (χ1) is 9.20. The molecule has 2 aliphatic rings. The molecule has 4 nitrogen and oxygen atoms in total. The average Bonchev–Trinajstić information content (AvgIpc) is 2.80. The van der Waals surface area contributed by atoms with Crippen molar-refractivity contribution in [3.8, 4) is 0 Å². The van der Waals surface area contributed by atoms with Crippen LogP contribution in [0, 0.1) is 0 Å². The Morgan fingerprint density at radius 2 is 2.26 bits per heavy atom. The van der Waals surface area contributed by atoms with Gasteiger partial charge < -0.3 is 14.8 Å². The second-order valence-corrected chi connectivity index (χ2v) is 6.08. The minimum Gasteiger partial charge on any atom is -0.329 e. The van der Waals surface area contributed by atoms with E-state index in [0.29, 0.717) is 12.1 Å². The zero-order valence-electron chi connectivity index (χ0n) is 12.4. The van der Waals surface area contributed by atoms with Crippen LogP contribution >= 0.6 is 0 Å². The third-order valence-electron chi connectivity index (χ3n) is 4.86. The maximum atomic E-state index is 4.88. The van der Waals surface area contributed by atoms with Gasteiger partial charge in [-0.1, -0.05) is 6.92 Å². The number of aromatic nitrogens is 2. The zero-order valence-corrected chi connectivity index (χ0v) is 12.4. The molecule has 3 heterocycles. The Bertz CT molecular complexity index is 451. The van der Waals surface area contributed by atoms with Crippen LogP contribution in [0.15, 0.2) is 0 Å². The summed E-state index contributed by atoms with van der Waals surface area (Å²) >= 11 is 0. The van der Waals surface area contributed by atoms with Gasteiger partial charge in [0.05, 0.1) is 5.69 Å². The molecule has 2 aliphatic heterocycles. The van der Waals surface area contributed by atoms with Crippen molar-refractivity contribution < 1.29 is 0 Å². The van der Waals surface area contributed by atoms with Crippen LogP contribution in [-0.2, 0) is 19.4 Å². The van der Waals surface area contributed by atoms with E-state index in [-0.39, 0.29) is 0 Å². The van der Waals surface area contributed by atoms with Crippen molar-refractivity contribution in [3.05, 3.63) is 17.2 Å². The summed E-state index contributed by atoms with van der Waals surface area (Å²) in [5, 5.41) is 3.44. The number of hydrogen-bond donors (Lipinski definition) is 1. The molecular formula is C15H26N4. The number of nitrogens with zero attached hydrogens (tertiary/aromatic N) is 3. The Labute approximate surface area is 116 Å². The molecule has 1 aromatic rings. The molecule has 1 aromatic heterocycles. The number of imidazole rings is 1. The molecule has 1 saturated heterocycles. The molecule has 0 aliphatic carbocycles. The van der Waals surface area contributed by atoms with Crippen molar-refractivity contribution in [1.82, 2.24) is 19.8 Å². The third-order valence-corrected chi connectivity index (χ3v) is 4.86. The highest BCUT2D eigenvalue weighted by molar-refractivity contribution is 5.21. The molecule has 3 rings (SSSR count). The fraction of sp³-hybridized carbons (Fsp3) is 0.800. The highest BCUT2D eigenvalue weighted by Crippen LogP contribution is 2.31. The van der Waals surface area contributed by atoms with Crippen molar-refractivity contribution in [1.29, 1.82) is 0 Å². The van der Waals surface area contributed by atoms with Crippen LogP contribution in [0.4, 0.5) is 0 Å². The summed E-state index contributed by atoms with van der Waals surface area (Å²) in [4.78, 5) is 7.35. The number of aryl methyl sites for hydroxylation is 1. The zero-order chi connectivity index (χ0) is 13.4. The quantitative estimate of drug-likeness (QED) is 0.881. The normalized spacial score (nSPS) is 28.4. The van der Waals surface area contributed by atoms with Gasteiger partial charge in [-0.2, -0.15) is 0 Å². The Morgan fingerprint density at radius 3 is 3.00 bits per heavy atom. The molecule has 0 amide bonds. The predicted octanol–water partition coefficient (Wildman–Crippen LogP) is 1.75. The largest absolute Gasteiger partial charge is 0.329 e. The van der Waals surface area contributed by atoms with Gasteiger partial charge >= 0.3 is 0 Å². The topological polar surface area (TPSA) is 33.1 Å². The lowest BCUT2D eigenvalue weighted by Gasteiger charge is -2.37. The Morgan fingerprint density at radius 1 is 1.42 bits per heavy atom. The highest BCUT2D eigenvalue weighted by atomic mass is 15.2. The summed E-state index contributed by atoms with van der Waals surface area (Å²) in [5.74, 6) is 1.30. The molecule has 1 fully saturated rings. The Kier molecular flexibility index (Phi) is 3.63. The van der Waals surface area contributed by atoms with Gasteiger partial charge in [0.1, 0.15) is 5.82 Å². The van der Waals surface area contributed by atoms with E-state index >= 15 is 0 Å². The monoisotopic (exact) mass is 262 g/mol. The van der Waals surface area contributed by atoms with E-state index in [1.165, 1.54) is 36.6 Å². The summed E-state index contributed by atoms with van der Waals surface area (Å²) in [6.07, 6.45) is 4.72. The van der Waals surface area contributed by atoms with Crippen LogP contribution in [0.25, 0.3) is 0 Å². The second-order valence-electron chi connectivity index (χ2n) is 6.08. The van der Waals surface area contributed by atoms with Crippen molar-refractivity contribution >= 4 is 0 Å². The lowest BCUT2D eigenvalue weighted by Crippen LogP contribution is -2.39.